The summed E-state index contributed by atoms with van der Waals surface area (Å²) in [6.07, 6.45) is 3.35. The lowest BCUT2D eigenvalue weighted by Crippen LogP contribution is -2.38. The van der Waals surface area contributed by atoms with Gasteiger partial charge in [0.2, 0.25) is 0 Å². The number of hydrogen-bond acceptors (Lipinski definition) is 3. The van der Waals surface area contributed by atoms with E-state index in [4.69, 9.17) is 9.47 Å². The fourth-order valence-electron chi connectivity index (χ4n) is 4.89. The van der Waals surface area contributed by atoms with Gasteiger partial charge in [0.15, 0.2) is 12.1 Å². The molecule has 19 heavy (non-hydrogen) atoms. The highest BCUT2D eigenvalue weighted by Crippen LogP contribution is 2.71. The van der Waals surface area contributed by atoms with Crippen molar-refractivity contribution in [2.24, 2.45) is 22.7 Å². The largest absolute Gasteiger partial charge is 0.349 e. The minimum absolute atomic E-state index is 0.0789. The number of Topliss-reactive ketones (excluding diaryl/α,β-unsaturated/α-hetero) is 1. The van der Waals surface area contributed by atoms with Crippen LogP contribution in [0.5, 0.6) is 0 Å². The molecule has 2 saturated carbocycles. The van der Waals surface area contributed by atoms with Crippen LogP contribution in [0.25, 0.3) is 0 Å². The van der Waals surface area contributed by atoms with Gasteiger partial charge >= 0.3 is 0 Å². The Morgan fingerprint density at radius 3 is 2.63 bits per heavy atom. The van der Waals surface area contributed by atoms with E-state index in [1.54, 1.807) is 6.92 Å². The first kappa shape index (κ1) is 13.6. The summed E-state index contributed by atoms with van der Waals surface area (Å²) < 4.78 is 12.0. The molecule has 0 spiro atoms. The van der Waals surface area contributed by atoms with Gasteiger partial charge in [-0.05, 0) is 49.4 Å². The van der Waals surface area contributed by atoms with E-state index in [0.29, 0.717) is 17.4 Å². The van der Waals surface area contributed by atoms with Crippen molar-refractivity contribution in [1.29, 1.82) is 0 Å². The summed E-state index contributed by atoms with van der Waals surface area (Å²) in [5.41, 5.74) is 0.652. The molecule has 1 aliphatic heterocycles. The zero-order valence-corrected chi connectivity index (χ0v) is 12.7. The lowest BCUT2D eigenvalue weighted by Gasteiger charge is -2.38. The maximum Gasteiger partial charge on any atom is 0.159 e. The average Bonchev–Trinajstić information content (AvgIpc) is 2.85. The predicted molar refractivity (Wildman–Crippen MR) is 72.6 cm³/mol. The summed E-state index contributed by atoms with van der Waals surface area (Å²) in [5.74, 6) is 1.46. The van der Waals surface area contributed by atoms with E-state index in [1.165, 1.54) is 12.8 Å². The summed E-state index contributed by atoms with van der Waals surface area (Å²) >= 11 is 0. The number of ether oxygens (including phenoxy) is 2. The molecule has 3 aliphatic rings. The lowest BCUT2D eigenvalue weighted by molar-refractivity contribution is -0.185. The van der Waals surface area contributed by atoms with E-state index in [9.17, 15) is 4.79 Å². The van der Waals surface area contributed by atoms with Crippen LogP contribution in [0.15, 0.2) is 0 Å². The zero-order chi connectivity index (χ0) is 14.0. The van der Waals surface area contributed by atoms with Gasteiger partial charge in [0.25, 0.3) is 0 Å². The highest BCUT2D eigenvalue weighted by Gasteiger charge is 2.69. The minimum atomic E-state index is -0.345. The molecule has 1 heterocycles. The standard InChI is InChI=1S/C16H26O3/c1-9(17)10(2)18-13-8-11-12-6-7-16(5,14(11)19-13)15(12,3)4/h10-14H,6-8H2,1-5H3/t10-,11-,12+,13-,14-,16-/m0/s1. The fraction of sp³-hybridized carbons (Fsp3) is 0.938. The number of carbonyl (C=O) groups excluding carboxylic acids is 1. The second-order valence-corrected chi connectivity index (χ2v) is 7.56. The Bertz CT molecular complexity index is 403. The van der Waals surface area contributed by atoms with Gasteiger partial charge in [-0.1, -0.05) is 20.8 Å². The SMILES string of the molecule is CC(=O)[C@H](C)O[C@@H]1C[C@H]2[C@H]3CC[C@@](C)([C@H]2O1)C3(C)C. The van der Waals surface area contributed by atoms with Crippen LogP contribution in [-0.4, -0.2) is 24.3 Å². The molecule has 108 valence electrons. The van der Waals surface area contributed by atoms with Crippen LogP contribution in [0.4, 0.5) is 0 Å². The van der Waals surface area contributed by atoms with Crippen LogP contribution in [-0.2, 0) is 14.3 Å². The van der Waals surface area contributed by atoms with E-state index >= 15 is 0 Å². The molecule has 0 unspecified atom stereocenters. The molecule has 3 rings (SSSR count). The van der Waals surface area contributed by atoms with Crippen molar-refractivity contribution in [2.45, 2.75) is 72.4 Å². The van der Waals surface area contributed by atoms with E-state index in [1.807, 2.05) is 6.92 Å². The van der Waals surface area contributed by atoms with Gasteiger partial charge in [-0.25, -0.2) is 0 Å². The minimum Gasteiger partial charge on any atom is -0.349 e. The molecule has 0 N–H and O–H groups in total. The van der Waals surface area contributed by atoms with E-state index < -0.39 is 0 Å². The Morgan fingerprint density at radius 1 is 1.37 bits per heavy atom. The van der Waals surface area contributed by atoms with Gasteiger partial charge in [-0.15, -0.1) is 0 Å². The number of rotatable bonds is 3. The predicted octanol–water partition coefficient (Wildman–Crippen LogP) is 3.17. The van der Waals surface area contributed by atoms with E-state index in [2.05, 4.69) is 20.8 Å². The van der Waals surface area contributed by atoms with E-state index in [-0.39, 0.29) is 23.6 Å². The maximum absolute atomic E-state index is 11.3. The molecule has 1 saturated heterocycles. The van der Waals surface area contributed by atoms with Crippen molar-refractivity contribution in [1.82, 2.24) is 0 Å². The van der Waals surface area contributed by atoms with Gasteiger partial charge in [0.1, 0.15) is 6.10 Å². The van der Waals surface area contributed by atoms with Gasteiger partial charge in [-0.3, -0.25) is 4.79 Å². The van der Waals surface area contributed by atoms with Crippen molar-refractivity contribution >= 4 is 5.78 Å². The Balaban J connectivity index is 1.74. The smallest absolute Gasteiger partial charge is 0.159 e. The first-order valence-corrected chi connectivity index (χ1v) is 7.59. The normalized spacial score (nSPS) is 48.3. The summed E-state index contributed by atoms with van der Waals surface area (Å²) in [4.78, 5) is 11.3. The molecule has 6 atom stereocenters. The Labute approximate surface area is 116 Å². The van der Waals surface area contributed by atoms with Gasteiger partial charge in [-0.2, -0.15) is 0 Å². The third-order valence-electron chi connectivity index (χ3n) is 6.60. The third-order valence-corrected chi connectivity index (χ3v) is 6.60. The van der Waals surface area contributed by atoms with Crippen LogP contribution in [0, 0.1) is 22.7 Å². The first-order valence-electron chi connectivity index (χ1n) is 7.59. The van der Waals surface area contributed by atoms with Crippen molar-refractivity contribution in [3.05, 3.63) is 0 Å². The molecular formula is C16H26O3. The van der Waals surface area contributed by atoms with Gasteiger partial charge in [0.05, 0.1) is 6.10 Å². The molecule has 2 aliphatic carbocycles. The number of hydrogen-bond donors (Lipinski definition) is 0. The van der Waals surface area contributed by atoms with Crippen molar-refractivity contribution in [2.75, 3.05) is 0 Å². The molecule has 0 aromatic rings. The van der Waals surface area contributed by atoms with Gasteiger partial charge < -0.3 is 9.47 Å². The van der Waals surface area contributed by atoms with Crippen LogP contribution < -0.4 is 0 Å². The Kier molecular flexibility index (Phi) is 2.89. The van der Waals surface area contributed by atoms with Crippen LogP contribution in [0.1, 0.15) is 53.9 Å². The Hall–Kier alpha value is -0.410. The zero-order valence-electron chi connectivity index (χ0n) is 12.7. The van der Waals surface area contributed by atoms with Crippen molar-refractivity contribution in [3.63, 3.8) is 0 Å². The Morgan fingerprint density at radius 2 is 2.05 bits per heavy atom. The number of carbonyl (C=O) groups is 1. The van der Waals surface area contributed by atoms with E-state index in [0.717, 1.165) is 12.3 Å². The van der Waals surface area contributed by atoms with Crippen LogP contribution in [0.2, 0.25) is 0 Å². The number of fused-ring (bicyclic) bond motifs is 5. The molecule has 3 nitrogen and oxygen atoms in total. The molecule has 3 heteroatoms. The lowest BCUT2D eigenvalue weighted by atomic mass is 9.70. The molecular weight excluding hydrogens is 240 g/mol. The first-order chi connectivity index (χ1) is 8.77. The van der Waals surface area contributed by atoms with Crippen molar-refractivity contribution in [3.8, 4) is 0 Å². The average molecular weight is 266 g/mol. The fourth-order valence-corrected chi connectivity index (χ4v) is 4.89. The molecule has 0 aromatic heterocycles. The second kappa shape index (κ2) is 4.05. The summed E-state index contributed by atoms with van der Waals surface area (Å²) in [6, 6.07) is 0. The highest BCUT2D eigenvalue weighted by molar-refractivity contribution is 5.79. The van der Waals surface area contributed by atoms with Gasteiger partial charge in [0, 0.05) is 6.42 Å². The summed E-state index contributed by atoms with van der Waals surface area (Å²) in [6.45, 7) is 10.6. The van der Waals surface area contributed by atoms with Crippen LogP contribution in [0.3, 0.4) is 0 Å². The highest BCUT2D eigenvalue weighted by atomic mass is 16.7. The molecule has 2 bridgehead atoms. The number of ketones is 1. The summed E-state index contributed by atoms with van der Waals surface area (Å²) in [7, 11) is 0. The monoisotopic (exact) mass is 266 g/mol. The molecule has 0 aromatic carbocycles. The second-order valence-electron chi connectivity index (χ2n) is 7.56. The van der Waals surface area contributed by atoms with Crippen LogP contribution >= 0.6 is 0 Å². The topological polar surface area (TPSA) is 35.5 Å². The maximum atomic E-state index is 11.3. The molecule has 3 fully saturated rings. The molecule has 0 radical (unpaired) electrons. The van der Waals surface area contributed by atoms with Crippen molar-refractivity contribution < 1.29 is 14.3 Å². The summed E-state index contributed by atoms with van der Waals surface area (Å²) in [5, 5.41) is 0. The quantitative estimate of drug-likeness (QED) is 0.787. The molecule has 0 amide bonds. The third kappa shape index (κ3) is 1.67.